The first kappa shape index (κ1) is 27.9. The van der Waals surface area contributed by atoms with Crippen LogP contribution in [0.1, 0.15) is 51.8 Å². The van der Waals surface area contributed by atoms with E-state index >= 15 is 0 Å². The van der Waals surface area contributed by atoms with Crippen molar-refractivity contribution in [2.45, 2.75) is 65.3 Å². The van der Waals surface area contributed by atoms with E-state index in [0.717, 1.165) is 5.56 Å². The SMILES string of the molecule is COC(=O)CNC(=O)C(c1cccc(C)c1)N(C(=O)C(CO)NC(=O)OC(C)(C)C)C(C)C. The third kappa shape index (κ3) is 8.72. The number of hydrogen-bond donors (Lipinski definition) is 3. The van der Waals surface area contributed by atoms with E-state index in [1.807, 2.05) is 13.0 Å². The zero-order chi connectivity index (χ0) is 25.3. The van der Waals surface area contributed by atoms with E-state index in [1.165, 1.54) is 12.0 Å². The van der Waals surface area contributed by atoms with Gasteiger partial charge in [0.15, 0.2) is 0 Å². The Morgan fingerprint density at radius 2 is 1.79 bits per heavy atom. The van der Waals surface area contributed by atoms with Crippen molar-refractivity contribution in [2.24, 2.45) is 0 Å². The van der Waals surface area contributed by atoms with Gasteiger partial charge in [-0.25, -0.2) is 4.79 Å². The molecule has 0 heterocycles. The lowest BCUT2D eigenvalue weighted by Crippen LogP contribution is -2.56. The molecule has 3 amide bonds. The molecule has 184 valence electrons. The van der Waals surface area contributed by atoms with Gasteiger partial charge >= 0.3 is 12.1 Å². The highest BCUT2D eigenvalue weighted by Gasteiger charge is 2.37. The third-order valence-electron chi connectivity index (χ3n) is 4.50. The number of carbonyl (C=O) groups excluding carboxylic acids is 4. The lowest BCUT2D eigenvalue weighted by atomic mass is 9.99. The summed E-state index contributed by atoms with van der Waals surface area (Å²) in [6.45, 7) is 9.18. The lowest BCUT2D eigenvalue weighted by molar-refractivity contribution is -0.146. The molecule has 0 spiro atoms. The van der Waals surface area contributed by atoms with Crippen LogP contribution in [0.3, 0.4) is 0 Å². The molecule has 2 atom stereocenters. The van der Waals surface area contributed by atoms with E-state index in [9.17, 15) is 24.3 Å². The molecule has 0 saturated carbocycles. The molecule has 0 aromatic heterocycles. The maximum absolute atomic E-state index is 13.4. The number of hydrogen-bond acceptors (Lipinski definition) is 7. The van der Waals surface area contributed by atoms with Gasteiger partial charge in [0.05, 0.1) is 13.7 Å². The minimum atomic E-state index is -1.34. The molecule has 1 aromatic carbocycles. The Hall–Kier alpha value is -3.14. The number of aliphatic hydroxyl groups excluding tert-OH is 1. The summed E-state index contributed by atoms with van der Waals surface area (Å²) in [5.74, 6) is -1.94. The van der Waals surface area contributed by atoms with E-state index in [1.54, 1.807) is 52.8 Å². The number of esters is 1. The number of amides is 3. The fourth-order valence-corrected chi connectivity index (χ4v) is 3.10. The molecule has 10 nitrogen and oxygen atoms in total. The summed E-state index contributed by atoms with van der Waals surface area (Å²) in [6, 6.07) is 4.06. The van der Waals surface area contributed by atoms with Gasteiger partial charge < -0.3 is 30.1 Å². The zero-order valence-corrected chi connectivity index (χ0v) is 20.3. The van der Waals surface area contributed by atoms with E-state index in [2.05, 4.69) is 15.4 Å². The van der Waals surface area contributed by atoms with Crippen LogP contribution in [0.25, 0.3) is 0 Å². The van der Waals surface area contributed by atoms with Gasteiger partial charge in [-0.2, -0.15) is 0 Å². The summed E-state index contributed by atoms with van der Waals surface area (Å²) < 4.78 is 9.75. The molecule has 0 radical (unpaired) electrons. The number of methoxy groups -OCH3 is 1. The Labute approximate surface area is 194 Å². The Balaban J connectivity index is 3.33. The average Bonchev–Trinajstić information content (AvgIpc) is 2.71. The molecule has 0 aliphatic carbocycles. The fourth-order valence-electron chi connectivity index (χ4n) is 3.10. The van der Waals surface area contributed by atoms with Crippen molar-refractivity contribution in [3.8, 4) is 0 Å². The number of ether oxygens (including phenoxy) is 2. The van der Waals surface area contributed by atoms with Crippen molar-refractivity contribution in [1.82, 2.24) is 15.5 Å². The minimum absolute atomic E-state index is 0.378. The summed E-state index contributed by atoms with van der Waals surface area (Å²) in [7, 11) is 1.20. The molecule has 0 fully saturated rings. The number of carbonyl (C=O) groups is 4. The van der Waals surface area contributed by atoms with Gasteiger partial charge in [-0.1, -0.05) is 29.8 Å². The summed E-state index contributed by atoms with van der Waals surface area (Å²) in [5, 5.41) is 14.7. The summed E-state index contributed by atoms with van der Waals surface area (Å²) >= 11 is 0. The topological polar surface area (TPSA) is 134 Å². The van der Waals surface area contributed by atoms with Gasteiger partial charge in [-0.3, -0.25) is 14.4 Å². The monoisotopic (exact) mass is 465 g/mol. The van der Waals surface area contributed by atoms with Gasteiger partial charge in [0.2, 0.25) is 11.8 Å². The molecule has 0 aliphatic heterocycles. The molecule has 0 aliphatic rings. The molecular formula is C23H35N3O7. The second kappa shape index (κ2) is 12.2. The third-order valence-corrected chi connectivity index (χ3v) is 4.50. The summed E-state index contributed by atoms with van der Waals surface area (Å²) in [4.78, 5) is 51.6. The number of aryl methyl sites for hydroxylation is 1. The van der Waals surface area contributed by atoms with Crippen LogP contribution >= 0.6 is 0 Å². The molecule has 0 bridgehead atoms. The summed E-state index contributed by atoms with van der Waals surface area (Å²) in [6.07, 6.45) is -0.874. The minimum Gasteiger partial charge on any atom is -0.468 e. The highest BCUT2D eigenvalue weighted by atomic mass is 16.6. The van der Waals surface area contributed by atoms with E-state index < -0.39 is 54.2 Å². The quantitative estimate of drug-likeness (QED) is 0.470. The maximum atomic E-state index is 13.4. The van der Waals surface area contributed by atoms with E-state index in [-0.39, 0.29) is 6.54 Å². The van der Waals surface area contributed by atoms with E-state index in [0.29, 0.717) is 5.56 Å². The van der Waals surface area contributed by atoms with Crippen molar-refractivity contribution in [2.75, 3.05) is 20.3 Å². The highest BCUT2D eigenvalue weighted by Crippen LogP contribution is 2.25. The van der Waals surface area contributed by atoms with Crippen LogP contribution in [0.2, 0.25) is 0 Å². The van der Waals surface area contributed by atoms with Crippen LogP contribution in [-0.4, -0.2) is 71.8 Å². The Morgan fingerprint density at radius 3 is 2.27 bits per heavy atom. The summed E-state index contributed by atoms with van der Waals surface area (Å²) in [5.41, 5.74) is 0.566. The second-order valence-electron chi connectivity index (χ2n) is 8.83. The molecule has 1 aromatic rings. The van der Waals surface area contributed by atoms with Crippen molar-refractivity contribution in [3.63, 3.8) is 0 Å². The number of nitrogens with zero attached hydrogens (tertiary/aromatic N) is 1. The molecular weight excluding hydrogens is 430 g/mol. The van der Waals surface area contributed by atoms with Crippen LogP contribution in [0.15, 0.2) is 24.3 Å². The lowest BCUT2D eigenvalue weighted by Gasteiger charge is -2.36. The van der Waals surface area contributed by atoms with Gasteiger partial charge in [0.1, 0.15) is 24.2 Å². The van der Waals surface area contributed by atoms with Crippen LogP contribution in [0.4, 0.5) is 4.79 Å². The molecule has 33 heavy (non-hydrogen) atoms. The van der Waals surface area contributed by atoms with Crippen molar-refractivity contribution in [3.05, 3.63) is 35.4 Å². The first-order valence-corrected chi connectivity index (χ1v) is 10.6. The standard InChI is InChI=1S/C23H35N3O7/c1-14(2)26(21(30)17(13-27)25-22(31)33-23(4,5)6)19(16-10-8-9-15(3)11-16)20(29)24-12-18(28)32-7/h8-11,14,17,19,27H,12-13H2,1-7H3,(H,24,29)(H,25,31). The maximum Gasteiger partial charge on any atom is 0.408 e. The molecule has 3 N–H and O–H groups in total. The average molecular weight is 466 g/mol. The molecule has 0 saturated heterocycles. The predicted octanol–water partition coefficient (Wildman–Crippen LogP) is 1.45. The Morgan fingerprint density at radius 1 is 1.15 bits per heavy atom. The number of alkyl carbamates (subject to hydrolysis) is 1. The second-order valence-corrected chi connectivity index (χ2v) is 8.83. The first-order valence-electron chi connectivity index (χ1n) is 10.6. The van der Waals surface area contributed by atoms with Crippen molar-refractivity contribution >= 4 is 23.9 Å². The predicted molar refractivity (Wildman–Crippen MR) is 121 cm³/mol. The highest BCUT2D eigenvalue weighted by molar-refractivity contribution is 5.93. The van der Waals surface area contributed by atoms with Gasteiger partial charge in [-0.15, -0.1) is 0 Å². The Kier molecular flexibility index (Phi) is 10.3. The van der Waals surface area contributed by atoms with Crippen LogP contribution < -0.4 is 10.6 Å². The van der Waals surface area contributed by atoms with Crippen LogP contribution in [0, 0.1) is 6.92 Å². The number of rotatable bonds is 9. The number of aliphatic hydroxyl groups is 1. The van der Waals surface area contributed by atoms with Crippen LogP contribution in [0.5, 0.6) is 0 Å². The number of nitrogens with one attached hydrogen (secondary N) is 2. The first-order chi connectivity index (χ1) is 15.3. The van der Waals surface area contributed by atoms with Crippen LogP contribution in [-0.2, 0) is 23.9 Å². The normalized spacial score (nSPS) is 13.0. The molecule has 10 heteroatoms. The largest absolute Gasteiger partial charge is 0.468 e. The zero-order valence-electron chi connectivity index (χ0n) is 20.3. The van der Waals surface area contributed by atoms with Gasteiger partial charge in [0, 0.05) is 6.04 Å². The molecule has 1 rings (SSSR count). The molecule has 2 unspecified atom stereocenters. The number of benzene rings is 1. The van der Waals surface area contributed by atoms with Gasteiger partial charge in [-0.05, 0) is 47.1 Å². The van der Waals surface area contributed by atoms with E-state index in [4.69, 9.17) is 4.74 Å². The smallest absolute Gasteiger partial charge is 0.408 e. The fraction of sp³-hybridized carbons (Fsp3) is 0.565. The Bertz CT molecular complexity index is 849. The van der Waals surface area contributed by atoms with Crippen molar-refractivity contribution in [1.29, 1.82) is 0 Å². The van der Waals surface area contributed by atoms with Gasteiger partial charge in [0.25, 0.3) is 0 Å². The van der Waals surface area contributed by atoms with Crippen molar-refractivity contribution < 1.29 is 33.8 Å².